The molecule has 0 radical (unpaired) electrons. The Bertz CT molecular complexity index is 711. The van der Waals surface area contributed by atoms with E-state index in [1.807, 2.05) is 36.5 Å². The standard InChI is InChI=1S/C20H28N4O2.ClH/c1-15(16-4-3-10-21-13-16)12-20(25)22-14-17-9-11-24(23-17)18-5-7-19(26-2)8-6-18;/h5-9,11,15-16,21H,3-4,10,12-14H2,1-2H3,(H,22,25);1H. The average Bonchev–Trinajstić information content (AvgIpc) is 3.16. The first-order valence-electron chi connectivity index (χ1n) is 9.32. The molecule has 1 aromatic heterocycles. The normalized spacial score (nSPS) is 17.6. The number of ether oxygens (including phenoxy) is 1. The molecule has 1 saturated heterocycles. The topological polar surface area (TPSA) is 68.2 Å². The van der Waals surface area contributed by atoms with Crippen molar-refractivity contribution in [1.82, 2.24) is 20.4 Å². The molecule has 1 amide bonds. The van der Waals surface area contributed by atoms with E-state index in [1.54, 1.807) is 11.8 Å². The van der Waals surface area contributed by atoms with E-state index in [0.717, 1.165) is 30.2 Å². The maximum atomic E-state index is 12.2. The summed E-state index contributed by atoms with van der Waals surface area (Å²) in [5, 5.41) is 10.9. The van der Waals surface area contributed by atoms with Gasteiger partial charge in [0.25, 0.3) is 0 Å². The number of carbonyl (C=O) groups is 1. The summed E-state index contributed by atoms with van der Waals surface area (Å²) in [7, 11) is 1.65. The number of halogens is 1. The summed E-state index contributed by atoms with van der Waals surface area (Å²) in [5.41, 5.74) is 1.81. The van der Waals surface area contributed by atoms with E-state index in [9.17, 15) is 4.79 Å². The lowest BCUT2D eigenvalue weighted by Gasteiger charge is -2.27. The van der Waals surface area contributed by atoms with Crippen LogP contribution in [0.4, 0.5) is 0 Å². The molecule has 3 rings (SSSR count). The number of methoxy groups -OCH3 is 1. The lowest BCUT2D eigenvalue weighted by atomic mass is 9.85. The van der Waals surface area contributed by atoms with Crippen LogP contribution in [-0.4, -0.2) is 35.9 Å². The monoisotopic (exact) mass is 392 g/mol. The highest BCUT2D eigenvalue weighted by Gasteiger charge is 2.21. The summed E-state index contributed by atoms with van der Waals surface area (Å²) >= 11 is 0. The molecule has 6 nitrogen and oxygen atoms in total. The number of amides is 1. The van der Waals surface area contributed by atoms with Gasteiger partial charge in [-0.2, -0.15) is 5.10 Å². The first-order valence-corrected chi connectivity index (χ1v) is 9.32. The summed E-state index contributed by atoms with van der Waals surface area (Å²) in [5.74, 6) is 1.92. The number of nitrogens with one attached hydrogen (secondary N) is 2. The fourth-order valence-corrected chi connectivity index (χ4v) is 3.42. The van der Waals surface area contributed by atoms with Gasteiger partial charge < -0.3 is 15.4 Å². The van der Waals surface area contributed by atoms with Crippen LogP contribution in [0.1, 0.15) is 31.9 Å². The zero-order chi connectivity index (χ0) is 18.4. The van der Waals surface area contributed by atoms with E-state index < -0.39 is 0 Å². The zero-order valence-electron chi connectivity index (χ0n) is 16.0. The highest BCUT2D eigenvalue weighted by molar-refractivity contribution is 5.85. The van der Waals surface area contributed by atoms with Crippen LogP contribution < -0.4 is 15.4 Å². The van der Waals surface area contributed by atoms with E-state index in [2.05, 4.69) is 22.7 Å². The molecule has 0 aliphatic carbocycles. The highest BCUT2D eigenvalue weighted by atomic mass is 35.5. The molecule has 1 aliphatic rings. The van der Waals surface area contributed by atoms with Crippen molar-refractivity contribution < 1.29 is 9.53 Å². The predicted octanol–water partition coefficient (Wildman–Crippen LogP) is 2.94. The molecule has 1 fully saturated rings. The molecule has 148 valence electrons. The van der Waals surface area contributed by atoms with Gasteiger partial charge in [-0.15, -0.1) is 12.4 Å². The molecule has 2 aromatic rings. The van der Waals surface area contributed by atoms with Crippen molar-refractivity contribution in [2.75, 3.05) is 20.2 Å². The number of hydrogen-bond donors (Lipinski definition) is 2. The minimum absolute atomic E-state index is 0. The third-order valence-electron chi connectivity index (χ3n) is 5.10. The fraction of sp³-hybridized carbons (Fsp3) is 0.500. The van der Waals surface area contributed by atoms with Gasteiger partial charge in [0.1, 0.15) is 5.75 Å². The SMILES string of the molecule is COc1ccc(-n2ccc(CNC(=O)CC(C)C3CCCNC3)n2)cc1.Cl. The molecule has 27 heavy (non-hydrogen) atoms. The molecule has 2 unspecified atom stereocenters. The number of piperidine rings is 1. The number of benzene rings is 1. The number of carbonyl (C=O) groups excluding carboxylic acids is 1. The van der Waals surface area contributed by atoms with Crippen LogP contribution in [0.3, 0.4) is 0 Å². The summed E-state index contributed by atoms with van der Waals surface area (Å²) in [6.07, 6.45) is 4.90. The van der Waals surface area contributed by atoms with E-state index in [1.165, 1.54) is 12.8 Å². The van der Waals surface area contributed by atoms with Crippen molar-refractivity contribution >= 4 is 18.3 Å². The Hall–Kier alpha value is -2.05. The predicted molar refractivity (Wildman–Crippen MR) is 109 cm³/mol. The van der Waals surface area contributed by atoms with Crippen molar-refractivity contribution in [2.24, 2.45) is 11.8 Å². The second kappa shape index (κ2) is 10.3. The molecule has 0 saturated carbocycles. The molecule has 7 heteroatoms. The van der Waals surface area contributed by atoms with E-state index >= 15 is 0 Å². The van der Waals surface area contributed by atoms with Crippen LogP contribution in [0.2, 0.25) is 0 Å². The van der Waals surface area contributed by atoms with Crippen molar-refractivity contribution in [3.63, 3.8) is 0 Å². The Kier molecular flexibility index (Phi) is 8.13. The second-order valence-corrected chi connectivity index (χ2v) is 7.01. The van der Waals surface area contributed by atoms with Gasteiger partial charge >= 0.3 is 0 Å². The Labute approximate surface area is 167 Å². The number of aromatic nitrogens is 2. The molecule has 1 aromatic carbocycles. The lowest BCUT2D eigenvalue weighted by molar-refractivity contribution is -0.122. The van der Waals surface area contributed by atoms with Crippen LogP contribution in [0, 0.1) is 11.8 Å². The Morgan fingerprint density at radius 1 is 1.37 bits per heavy atom. The maximum Gasteiger partial charge on any atom is 0.220 e. The van der Waals surface area contributed by atoms with Gasteiger partial charge in [0.05, 0.1) is 25.0 Å². The number of rotatable bonds is 7. The third kappa shape index (κ3) is 5.97. The summed E-state index contributed by atoms with van der Waals surface area (Å²) < 4.78 is 6.97. The summed E-state index contributed by atoms with van der Waals surface area (Å²) in [4.78, 5) is 12.2. The van der Waals surface area contributed by atoms with Crippen molar-refractivity contribution in [2.45, 2.75) is 32.7 Å². The third-order valence-corrected chi connectivity index (χ3v) is 5.10. The van der Waals surface area contributed by atoms with Gasteiger partial charge in [-0.1, -0.05) is 6.92 Å². The maximum absolute atomic E-state index is 12.2. The Balaban J connectivity index is 0.00000261. The molecular weight excluding hydrogens is 364 g/mol. The highest BCUT2D eigenvalue weighted by Crippen LogP contribution is 2.22. The quantitative estimate of drug-likeness (QED) is 0.760. The van der Waals surface area contributed by atoms with Crippen LogP contribution >= 0.6 is 12.4 Å². The average molecular weight is 393 g/mol. The van der Waals surface area contributed by atoms with Gasteiger partial charge in [0, 0.05) is 12.6 Å². The van der Waals surface area contributed by atoms with Gasteiger partial charge in [0.2, 0.25) is 5.91 Å². The molecule has 2 heterocycles. The van der Waals surface area contributed by atoms with Crippen LogP contribution in [-0.2, 0) is 11.3 Å². The first-order chi connectivity index (χ1) is 12.7. The molecule has 2 N–H and O–H groups in total. The molecule has 1 aliphatic heterocycles. The van der Waals surface area contributed by atoms with Crippen LogP contribution in [0.5, 0.6) is 5.75 Å². The fourth-order valence-electron chi connectivity index (χ4n) is 3.42. The van der Waals surface area contributed by atoms with Crippen LogP contribution in [0.15, 0.2) is 36.5 Å². The van der Waals surface area contributed by atoms with Gasteiger partial charge in [-0.05, 0) is 68.1 Å². The molecule has 0 bridgehead atoms. The second-order valence-electron chi connectivity index (χ2n) is 7.01. The van der Waals surface area contributed by atoms with Crippen molar-refractivity contribution in [1.29, 1.82) is 0 Å². The summed E-state index contributed by atoms with van der Waals surface area (Å²) in [6, 6.07) is 9.64. The van der Waals surface area contributed by atoms with E-state index in [4.69, 9.17) is 4.74 Å². The van der Waals surface area contributed by atoms with Crippen molar-refractivity contribution in [3.05, 3.63) is 42.2 Å². The van der Waals surface area contributed by atoms with Crippen molar-refractivity contribution in [3.8, 4) is 11.4 Å². The molecule has 2 atom stereocenters. The van der Waals surface area contributed by atoms with Crippen LogP contribution in [0.25, 0.3) is 5.69 Å². The van der Waals surface area contributed by atoms with E-state index in [-0.39, 0.29) is 18.3 Å². The summed E-state index contributed by atoms with van der Waals surface area (Å²) in [6.45, 7) is 4.76. The Morgan fingerprint density at radius 3 is 2.81 bits per heavy atom. The van der Waals surface area contributed by atoms with Gasteiger partial charge in [-0.25, -0.2) is 4.68 Å². The minimum atomic E-state index is 0. The first kappa shape index (κ1) is 21.3. The van der Waals surface area contributed by atoms with E-state index in [0.29, 0.717) is 24.8 Å². The smallest absolute Gasteiger partial charge is 0.220 e. The number of hydrogen-bond acceptors (Lipinski definition) is 4. The Morgan fingerprint density at radius 2 is 2.15 bits per heavy atom. The molecular formula is C20H29ClN4O2. The zero-order valence-corrected chi connectivity index (χ0v) is 16.8. The lowest BCUT2D eigenvalue weighted by Crippen LogP contribution is -2.35. The van der Waals surface area contributed by atoms with Gasteiger partial charge in [-0.3, -0.25) is 4.79 Å². The van der Waals surface area contributed by atoms with Gasteiger partial charge in [0.15, 0.2) is 0 Å². The largest absolute Gasteiger partial charge is 0.497 e. The molecule has 0 spiro atoms. The minimum Gasteiger partial charge on any atom is -0.497 e. The number of nitrogens with zero attached hydrogens (tertiary/aromatic N) is 2.